The first-order valence-electron chi connectivity index (χ1n) is 10.5. The predicted octanol–water partition coefficient (Wildman–Crippen LogP) is 3.76. The number of halogens is 2. The maximum atomic E-state index is 13.5. The van der Waals surface area contributed by atoms with Crippen molar-refractivity contribution in [2.45, 2.75) is 36.7 Å². The van der Waals surface area contributed by atoms with Gasteiger partial charge in [-0.1, -0.05) is 0 Å². The van der Waals surface area contributed by atoms with Gasteiger partial charge in [0, 0.05) is 24.4 Å². The van der Waals surface area contributed by atoms with Gasteiger partial charge in [0.15, 0.2) is 11.5 Å². The molecular formula is C22H22BrFN4O6S. The van der Waals surface area contributed by atoms with Gasteiger partial charge in [0.2, 0.25) is 15.9 Å². The van der Waals surface area contributed by atoms with Gasteiger partial charge in [-0.3, -0.25) is 9.48 Å². The highest BCUT2D eigenvalue weighted by Crippen LogP contribution is 2.38. The van der Waals surface area contributed by atoms with Gasteiger partial charge in [-0.05, 0) is 53.4 Å². The number of pyridine rings is 1. The summed E-state index contributed by atoms with van der Waals surface area (Å²) in [7, 11) is -1.12. The van der Waals surface area contributed by atoms with Gasteiger partial charge in [0.25, 0.3) is 0 Å². The van der Waals surface area contributed by atoms with E-state index in [-0.39, 0.29) is 33.3 Å². The van der Waals surface area contributed by atoms with Crippen molar-refractivity contribution in [2.75, 3.05) is 14.2 Å². The SMILES string of the molecule is COc1cc(F)ccc1Oc1ncc(S(=O)(=O)N(C)C2CCCc3c2cnn3CC(=O)O)cc1Br. The van der Waals surface area contributed by atoms with E-state index in [1.807, 2.05) is 0 Å². The number of sulfonamides is 1. The summed E-state index contributed by atoms with van der Waals surface area (Å²) in [6.07, 6.45) is 4.60. The molecule has 0 amide bonds. The quantitative estimate of drug-likeness (QED) is 0.435. The van der Waals surface area contributed by atoms with E-state index in [2.05, 4.69) is 26.0 Å². The summed E-state index contributed by atoms with van der Waals surface area (Å²) in [5.41, 5.74) is 1.42. The Bertz CT molecular complexity index is 1380. The monoisotopic (exact) mass is 568 g/mol. The van der Waals surface area contributed by atoms with Crippen LogP contribution in [0, 0.1) is 5.82 Å². The number of nitrogens with zero attached hydrogens (tertiary/aromatic N) is 4. The highest BCUT2D eigenvalue weighted by molar-refractivity contribution is 9.10. The molecule has 13 heteroatoms. The molecule has 0 fully saturated rings. The number of fused-ring (bicyclic) bond motifs is 1. The van der Waals surface area contributed by atoms with E-state index in [4.69, 9.17) is 14.6 Å². The van der Waals surface area contributed by atoms with E-state index in [0.717, 1.165) is 11.8 Å². The number of benzene rings is 1. The first-order valence-corrected chi connectivity index (χ1v) is 12.8. The lowest BCUT2D eigenvalue weighted by atomic mass is 9.93. The topological polar surface area (TPSA) is 124 Å². The van der Waals surface area contributed by atoms with Crippen molar-refractivity contribution in [3.8, 4) is 17.4 Å². The lowest BCUT2D eigenvalue weighted by Crippen LogP contribution is -2.33. The average Bonchev–Trinajstić information content (AvgIpc) is 3.23. The molecule has 0 radical (unpaired) electrons. The summed E-state index contributed by atoms with van der Waals surface area (Å²) in [5.74, 6) is -1.07. The van der Waals surface area contributed by atoms with Gasteiger partial charge >= 0.3 is 5.97 Å². The van der Waals surface area contributed by atoms with E-state index in [9.17, 15) is 17.6 Å². The molecule has 3 aromatic rings. The number of carboxylic acid groups (broad SMARTS) is 1. The summed E-state index contributed by atoms with van der Waals surface area (Å²) < 4.78 is 54.0. The van der Waals surface area contributed by atoms with Gasteiger partial charge in [0.1, 0.15) is 17.3 Å². The first kappa shape index (κ1) is 25.1. The molecule has 1 unspecified atom stereocenters. The Morgan fingerprint density at radius 2 is 2.09 bits per heavy atom. The fourth-order valence-electron chi connectivity index (χ4n) is 4.02. The second-order valence-electron chi connectivity index (χ2n) is 7.88. The number of carboxylic acids is 1. The standard InChI is InChI=1S/C22H22BrFN4O6S/c1-27(17-4-3-5-18-15(17)11-26-28(18)12-21(29)30)35(31,32)14-9-16(23)22(25-10-14)34-19-7-6-13(24)8-20(19)33-2/h6-11,17H,3-5,12H2,1-2H3,(H,29,30). The first-order chi connectivity index (χ1) is 16.6. The normalized spacial score (nSPS) is 15.6. The Hall–Kier alpha value is -3.03. The largest absolute Gasteiger partial charge is 0.493 e. The number of methoxy groups -OCH3 is 1. The smallest absolute Gasteiger partial charge is 0.325 e. The molecule has 1 aromatic carbocycles. The van der Waals surface area contributed by atoms with Crippen LogP contribution in [-0.2, 0) is 27.8 Å². The number of hydrogen-bond donors (Lipinski definition) is 1. The van der Waals surface area contributed by atoms with Crippen molar-refractivity contribution in [1.29, 1.82) is 0 Å². The van der Waals surface area contributed by atoms with Crippen molar-refractivity contribution in [3.05, 3.63) is 58.2 Å². The molecule has 0 spiro atoms. The molecular weight excluding hydrogens is 547 g/mol. The summed E-state index contributed by atoms with van der Waals surface area (Å²) in [4.78, 5) is 15.2. The Labute approximate surface area is 209 Å². The molecule has 35 heavy (non-hydrogen) atoms. The molecule has 186 valence electrons. The van der Waals surface area contributed by atoms with Gasteiger partial charge in [-0.15, -0.1) is 0 Å². The molecule has 0 saturated heterocycles. The van der Waals surface area contributed by atoms with E-state index in [0.29, 0.717) is 24.8 Å². The molecule has 2 aromatic heterocycles. The lowest BCUT2D eigenvalue weighted by molar-refractivity contribution is -0.137. The van der Waals surface area contributed by atoms with E-state index < -0.39 is 27.9 Å². The Balaban J connectivity index is 1.60. The molecule has 0 saturated carbocycles. The third kappa shape index (κ3) is 5.02. The van der Waals surface area contributed by atoms with Crippen molar-refractivity contribution in [2.24, 2.45) is 0 Å². The Morgan fingerprint density at radius 3 is 2.77 bits per heavy atom. The van der Waals surface area contributed by atoms with Crippen LogP contribution < -0.4 is 9.47 Å². The number of rotatable bonds is 8. The zero-order valence-corrected chi connectivity index (χ0v) is 21.2. The highest BCUT2D eigenvalue weighted by Gasteiger charge is 2.35. The number of ether oxygens (including phenoxy) is 2. The zero-order chi connectivity index (χ0) is 25.3. The second-order valence-corrected chi connectivity index (χ2v) is 10.7. The van der Waals surface area contributed by atoms with Crippen molar-refractivity contribution in [3.63, 3.8) is 0 Å². The fourth-order valence-corrected chi connectivity index (χ4v) is 5.95. The molecule has 2 heterocycles. The molecule has 1 aliphatic rings. The maximum absolute atomic E-state index is 13.5. The van der Waals surface area contributed by atoms with Gasteiger partial charge < -0.3 is 14.6 Å². The van der Waals surface area contributed by atoms with Crippen molar-refractivity contribution in [1.82, 2.24) is 19.1 Å². The number of hydrogen-bond acceptors (Lipinski definition) is 7. The molecule has 1 atom stereocenters. The van der Waals surface area contributed by atoms with Gasteiger partial charge in [-0.25, -0.2) is 17.8 Å². The summed E-state index contributed by atoms with van der Waals surface area (Å²) in [5, 5.41) is 13.3. The van der Waals surface area contributed by atoms with E-state index in [1.165, 1.54) is 53.7 Å². The summed E-state index contributed by atoms with van der Waals surface area (Å²) in [6.45, 7) is -0.282. The highest BCUT2D eigenvalue weighted by atomic mass is 79.9. The van der Waals surface area contributed by atoms with Crippen LogP contribution in [0.4, 0.5) is 4.39 Å². The third-order valence-corrected chi connectivity index (χ3v) is 8.15. The molecule has 1 N–H and O–H groups in total. The molecule has 0 bridgehead atoms. The third-order valence-electron chi connectivity index (χ3n) is 5.75. The number of carbonyl (C=O) groups is 1. The van der Waals surface area contributed by atoms with Crippen LogP contribution in [-0.4, -0.2) is 52.7 Å². The fraction of sp³-hybridized carbons (Fsp3) is 0.318. The van der Waals surface area contributed by atoms with Crippen LogP contribution in [0.1, 0.15) is 30.1 Å². The average molecular weight is 569 g/mol. The number of aliphatic carboxylic acids is 1. The molecule has 1 aliphatic carbocycles. The maximum Gasteiger partial charge on any atom is 0.325 e. The van der Waals surface area contributed by atoms with Crippen LogP contribution in [0.5, 0.6) is 17.4 Å². The lowest BCUT2D eigenvalue weighted by Gasteiger charge is -2.30. The predicted molar refractivity (Wildman–Crippen MR) is 125 cm³/mol. The van der Waals surface area contributed by atoms with Crippen LogP contribution in [0.3, 0.4) is 0 Å². The van der Waals surface area contributed by atoms with Crippen molar-refractivity contribution >= 4 is 31.9 Å². The van der Waals surface area contributed by atoms with E-state index in [1.54, 1.807) is 0 Å². The van der Waals surface area contributed by atoms with Crippen LogP contribution in [0.25, 0.3) is 0 Å². The Kier molecular flexibility index (Phi) is 7.10. The summed E-state index contributed by atoms with van der Waals surface area (Å²) in [6, 6.07) is 4.63. The minimum Gasteiger partial charge on any atom is -0.493 e. The van der Waals surface area contributed by atoms with Crippen LogP contribution in [0.15, 0.2) is 46.0 Å². The molecule has 10 nitrogen and oxygen atoms in total. The molecule has 0 aliphatic heterocycles. The second kappa shape index (κ2) is 9.91. The zero-order valence-electron chi connectivity index (χ0n) is 18.8. The minimum absolute atomic E-state index is 0.0599. The Morgan fingerprint density at radius 1 is 1.31 bits per heavy atom. The van der Waals surface area contributed by atoms with Crippen LogP contribution in [0.2, 0.25) is 0 Å². The number of aromatic nitrogens is 3. The van der Waals surface area contributed by atoms with Gasteiger partial charge in [0.05, 0.1) is 30.0 Å². The van der Waals surface area contributed by atoms with E-state index >= 15 is 0 Å². The molecule has 4 rings (SSSR count). The van der Waals surface area contributed by atoms with Crippen molar-refractivity contribution < 1.29 is 32.2 Å². The minimum atomic E-state index is -3.97. The van der Waals surface area contributed by atoms with Gasteiger partial charge in [-0.2, -0.15) is 9.40 Å². The van der Waals surface area contributed by atoms with Crippen LogP contribution >= 0.6 is 15.9 Å². The summed E-state index contributed by atoms with van der Waals surface area (Å²) >= 11 is 3.30.